The van der Waals surface area contributed by atoms with Crippen molar-refractivity contribution >= 4 is 55.1 Å². The highest BCUT2D eigenvalue weighted by Crippen LogP contribution is 2.27. The molecular formula is C28H31BrClN3O5S. The van der Waals surface area contributed by atoms with Gasteiger partial charge >= 0.3 is 0 Å². The molecular weight excluding hydrogens is 606 g/mol. The summed E-state index contributed by atoms with van der Waals surface area (Å²) in [7, 11) is -2.65. The molecule has 0 aliphatic rings. The fourth-order valence-electron chi connectivity index (χ4n) is 4.01. The average Bonchev–Trinajstić information content (AvgIpc) is 2.93. The second kappa shape index (κ2) is 13.8. The number of benzene rings is 3. The van der Waals surface area contributed by atoms with Gasteiger partial charge in [-0.2, -0.15) is 0 Å². The van der Waals surface area contributed by atoms with Crippen LogP contribution in [0.5, 0.6) is 5.75 Å². The molecule has 3 rings (SSSR count). The van der Waals surface area contributed by atoms with Gasteiger partial charge in [0.05, 0.1) is 17.2 Å². The summed E-state index contributed by atoms with van der Waals surface area (Å²) < 4.78 is 35.0. The predicted molar refractivity (Wildman–Crippen MR) is 156 cm³/mol. The molecule has 208 valence electrons. The molecule has 0 aromatic heterocycles. The summed E-state index contributed by atoms with van der Waals surface area (Å²) in [6, 6.07) is 18.8. The minimum Gasteiger partial charge on any atom is -0.494 e. The second-order valence-corrected chi connectivity index (χ2v) is 11.8. The Labute approximate surface area is 243 Å². The van der Waals surface area contributed by atoms with Gasteiger partial charge in [0, 0.05) is 23.1 Å². The van der Waals surface area contributed by atoms with Gasteiger partial charge in [-0.1, -0.05) is 46.6 Å². The van der Waals surface area contributed by atoms with Crippen LogP contribution in [0.3, 0.4) is 0 Å². The number of hydrogen-bond donors (Lipinski definition) is 1. The first kappa shape index (κ1) is 30.5. The van der Waals surface area contributed by atoms with Gasteiger partial charge < -0.3 is 15.0 Å². The summed E-state index contributed by atoms with van der Waals surface area (Å²) in [5, 5.41) is 3.15. The van der Waals surface area contributed by atoms with Crippen LogP contribution in [-0.2, 0) is 26.2 Å². The molecule has 1 atom stereocenters. The van der Waals surface area contributed by atoms with Gasteiger partial charge in [0.15, 0.2) is 0 Å². The Hall–Kier alpha value is -3.08. The molecule has 3 aromatic carbocycles. The second-order valence-electron chi connectivity index (χ2n) is 8.58. The lowest BCUT2D eigenvalue weighted by Crippen LogP contribution is -2.51. The lowest BCUT2D eigenvalue weighted by atomic mass is 10.1. The summed E-state index contributed by atoms with van der Waals surface area (Å²) >= 11 is 9.36. The third-order valence-corrected chi connectivity index (χ3v) is 8.58. The fourth-order valence-corrected chi connectivity index (χ4v) is 5.81. The van der Waals surface area contributed by atoms with Crippen molar-refractivity contribution in [3.8, 4) is 5.75 Å². The Balaban J connectivity index is 2.05. The van der Waals surface area contributed by atoms with Crippen LogP contribution in [0.1, 0.15) is 25.8 Å². The van der Waals surface area contributed by atoms with Gasteiger partial charge in [-0.15, -0.1) is 0 Å². The Bertz CT molecular complexity index is 1370. The van der Waals surface area contributed by atoms with Crippen LogP contribution < -0.4 is 14.4 Å². The lowest BCUT2D eigenvalue weighted by molar-refractivity contribution is -0.140. The van der Waals surface area contributed by atoms with Crippen LogP contribution in [0.2, 0.25) is 5.02 Å². The van der Waals surface area contributed by atoms with Crippen molar-refractivity contribution in [1.29, 1.82) is 0 Å². The first-order valence-electron chi connectivity index (χ1n) is 12.4. The molecule has 0 radical (unpaired) electrons. The maximum Gasteiger partial charge on any atom is 0.264 e. The Kier molecular flexibility index (Phi) is 10.8. The summed E-state index contributed by atoms with van der Waals surface area (Å²) in [6.45, 7) is 3.68. The molecule has 0 saturated carbocycles. The molecule has 2 amide bonds. The van der Waals surface area contributed by atoms with Gasteiger partial charge in [0.25, 0.3) is 10.0 Å². The van der Waals surface area contributed by atoms with Crippen molar-refractivity contribution in [3.63, 3.8) is 0 Å². The van der Waals surface area contributed by atoms with E-state index < -0.39 is 28.5 Å². The summed E-state index contributed by atoms with van der Waals surface area (Å²) in [5.74, 6) is -0.304. The van der Waals surface area contributed by atoms with E-state index in [9.17, 15) is 18.0 Å². The molecule has 0 spiro atoms. The van der Waals surface area contributed by atoms with Crippen LogP contribution in [-0.4, -0.2) is 51.4 Å². The number of carbonyl (C=O) groups excluding carboxylic acids is 2. The molecule has 11 heteroatoms. The number of anilines is 1. The third kappa shape index (κ3) is 7.74. The zero-order valence-electron chi connectivity index (χ0n) is 21.9. The van der Waals surface area contributed by atoms with E-state index in [2.05, 4.69) is 21.2 Å². The molecule has 8 nitrogen and oxygen atoms in total. The Morgan fingerprint density at radius 1 is 0.974 bits per heavy atom. The number of nitrogens with zero attached hydrogens (tertiary/aromatic N) is 2. The molecule has 0 saturated heterocycles. The molecule has 0 heterocycles. The monoisotopic (exact) mass is 635 g/mol. The highest BCUT2D eigenvalue weighted by atomic mass is 79.9. The van der Waals surface area contributed by atoms with Crippen LogP contribution in [0.15, 0.2) is 82.2 Å². The largest absolute Gasteiger partial charge is 0.494 e. The molecule has 0 bridgehead atoms. The number of rotatable bonds is 12. The number of carbonyl (C=O) groups is 2. The van der Waals surface area contributed by atoms with Crippen LogP contribution in [0.4, 0.5) is 5.69 Å². The minimum absolute atomic E-state index is 0.0231. The zero-order chi connectivity index (χ0) is 28.6. The normalized spacial score (nSPS) is 11.9. The van der Waals surface area contributed by atoms with Crippen LogP contribution >= 0.6 is 27.5 Å². The molecule has 39 heavy (non-hydrogen) atoms. The number of nitrogens with one attached hydrogen (secondary N) is 1. The molecule has 0 fully saturated rings. The van der Waals surface area contributed by atoms with Crippen molar-refractivity contribution < 1.29 is 22.7 Å². The van der Waals surface area contributed by atoms with E-state index in [4.69, 9.17) is 16.3 Å². The summed E-state index contributed by atoms with van der Waals surface area (Å²) in [6.07, 6.45) is 0.335. The summed E-state index contributed by atoms with van der Waals surface area (Å²) in [4.78, 5) is 28.1. The zero-order valence-corrected chi connectivity index (χ0v) is 25.1. The van der Waals surface area contributed by atoms with E-state index >= 15 is 0 Å². The molecule has 1 unspecified atom stereocenters. The van der Waals surface area contributed by atoms with Gasteiger partial charge in [-0.25, -0.2) is 8.42 Å². The van der Waals surface area contributed by atoms with E-state index in [1.807, 2.05) is 6.92 Å². The van der Waals surface area contributed by atoms with Crippen molar-refractivity contribution in [2.45, 2.75) is 37.8 Å². The molecule has 3 aromatic rings. The SMILES string of the molecule is CCOc1ccc(N(CC(=O)N(Cc2ccc(Cl)cc2)C(CC)C(=O)NC)S(=O)(=O)c2ccc(Br)cc2)cc1. The highest BCUT2D eigenvalue weighted by molar-refractivity contribution is 9.10. The first-order chi connectivity index (χ1) is 18.6. The fraction of sp³-hybridized carbons (Fsp3) is 0.286. The minimum atomic E-state index is -4.16. The average molecular weight is 637 g/mol. The number of halogens is 2. The van der Waals surface area contributed by atoms with Gasteiger partial charge in [-0.3, -0.25) is 13.9 Å². The number of likely N-dealkylation sites (N-methyl/N-ethyl adjacent to an activating group) is 1. The van der Waals surface area contributed by atoms with Gasteiger partial charge in [0.2, 0.25) is 11.8 Å². The first-order valence-corrected chi connectivity index (χ1v) is 15.0. The van der Waals surface area contributed by atoms with Crippen molar-refractivity contribution in [2.24, 2.45) is 0 Å². The van der Waals surface area contributed by atoms with E-state index in [0.29, 0.717) is 23.8 Å². The van der Waals surface area contributed by atoms with E-state index in [0.717, 1.165) is 14.3 Å². The summed E-state index contributed by atoms with van der Waals surface area (Å²) in [5.41, 5.74) is 1.03. The Morgan fingerprint density at radius 3 is 2.13 bits per heavy atom. The van der Waals surface area contributed by atoms with E-state index in [1.165, 1.54) is 24.1 Å². The van der Waals surface area contributed by atoms with Crippen LogP contribution in [0.25, 0.3) is 0 Å². The topological polar surface area (TPSA) is 96.0 Å². The van der Waals surface area contributed by atoms with Gasteiger partial charge in [0.1, 0.15) is 18.3 Å². The van der Waals surface area contributed by atoms with E-state index in [-0.39, 0.29) is 23.0 Å². The number of ether oxygens (including phenoxy) is 1. The van der Waals surface area contributed by atoms with Crippen molar-refractivity contribution in [2.75, 3.05) is 24.5 Å². The maximum absolute atomic E-state index is 13.9. The standard InChI is InChI=1S/C28H31BrClN3O5S/c1-4-26(28(35)31-3)32(18-20-6-10-22(30)11-7-20)27(34)19-33(23-12-14-24(15-13-23)38-5-2)39(36,37)25-16-8-21(29)9-17-25/h6-17,26H,4-5,18-19H2,1-3H3,(H,31,35). The quantitative estimate of drug-likeness (QED) is 0.293. The predicted octanol–water partition coefficient (Wildman–Crippen LogP) is 5.25. The maximum atomic E-state index is 13.9. The highest BCUT2D eigenvalue weighted by Gasteiger charge is 2.33. The lowest BCUT2D eigenvalue weighted by Gasteiger charge is -2.33. The number of hydrogen-bond acceptors (Lipinski definition) is 5. The van der Waals surface area contributed by atoms with Crippen molar-refractivity contribution in [3.05, 3.63) is 87.9 Å². The smallest absolute Gasteiger partial charge is 0.264 e. The van der Waals surface area contributed by atoms with Crippen molar-refractivity contribution in [1.82, 2.24) is 10.2 Å². The van der Waals surface area contributed by atoms with Gasteiger partial charge in [-0.05, 0) is 79.6 Å². The number of amides is 2. The molecule has 1 N–H and O–H groups in total. The van der Waals surface area contributed by atoms with E-state index in [1.54, 1.807) is 67.6 Å². The Morgan fingerprint density at radius 2 is 1.59 bits per heavy atom. The number of sulfonamides is 1. The molecule has 0 aliphatic heterocycles. The molecule has 0 aliphatic carbocycles. The van der Waals surface area contributed by atoms with Crippen LogP contribution in [0, 0.1) is 0 Å². The third-order valence-electron chi connectivity index (χ3n) is 6.01.